The lowest BCUT2D eigenvalue weighted by Crippen LogP contribution is -2.33. The molecule has 0 radical (unpaired) electrons. The van der Waals surface area contributed by atoms with E-state index in [2.05, 4.69) is 10.3 Å². The average molecular weight is 383 g/mol. The zero-order valence-electron chi connectivity index (χ0n) is 15.4. The summed E-state index contributed by atoms with van der Waals surface area (Å²) in [6, 6.07) is 14.7. The van der Waals surface area contributed by atoms with Gasteiger partial charge in [-0.05, 0) is 43.3 Å². The van der Waals surface area contributed by atoms with Crippen molar-refractivity contribution >= 4 is 39.1 Å². The van der Waals surface area contributed by atoms with Crippen molar-refractivity contribution in [3.63, 3.8) is 0 Å². The van der Waals surface area contributed by atoms with Crippen LogP contribution in [-0.2, 0) is 9.59 Å². The SMILES string of the molecule is CC(=O)Nc1ccc(OCC(=O)N(C)[C@@H](C)c2nc3ccccc3s2)cc1. The van der Waals surface area contributed by atoms with Gasteiger partial charge in [0.2, 0.25) is 5.91 Å². The van der Waals surface area contributed by atoms with Crippen LogP contribution < -0.4 is 10.1 Å². The molecule has 0 aliphatic heterocycles. The fourth-order valence-electron chi connectivity index (χ4n) is 2.54. The summed E-state index contributed by atoms with van der Waals surface area (Å²) in [4.78, 5) is 29.8. The molecular weight excluding hydrogens is 362 g/mol. The van der Waals surface area contributed by atoms with Gasteiger partial charge in [0, 0.05) is 19.7 Å². The van der Waals surface area contributed by atoms with Crippen LogP contribution in [0, 0.1) is 0 Å². The van der Waals surface area contributed by atoms with Gasteiger partial charge in [-0.3, -0.25) is 9.59 Å². The fourth-order valence-corrected chi connectivity index (χ4v) is 3.60. The summed E-state index contributed by atoms with van der Waals surface area (Å²) in [6.45, 7) is 3.34. The maximum absolute atomic E-state index is 12.5. The molecule has 0 spiro atoms. The zero-order valence-corrected chi connectivity index (χ0v) is 16.2. The molecule has 1 heterocycles. The summed E-state index contributed by atoms with van der Waals surface area (Å²) < 4.78 is 6.68. The molecule has 0 saturated carbocycles. The first-order valence-electron chi connectivity index (χ1n) is 8.55. The van der Waals surface area contributed by atoms with Crippen molar-refractivity contribution in [2.24, 2.45) is 0 Å². The molecule has 0 fully saturated rings. The van der Waals surface area contributed by atoms with Crippen molar-refractivity contribution in [2.75, 3.05) is 19.0 Å². The third-order valence-corrected chi connectivity index (χ3v) is 5.39. The van der Waals surface area contributed by atoms with Crippen molar-refractivity contribution < 1.29 is 14.3 Å². The third-order valence-electron chi connectivity index (χ3n) is 4.18. The number of aromatic nitrogens is 1. The van der Waals surface area contributed by atoms with Crippen LogP contribution in [0.1, 0.15) is 24.9 Å². The molecule has 27 heavy (non-hydrogen) atoms. The number of carbonyl (C=O) groups excluding carboxylic acids is 2. The summed E-state index contributed by atoms with van der Waals surface area (Å²) in [6.07, 6.45) is 0. The first-order chi connectivity index (χ1) is 12.9. The van der Waals surface area contributed by atoms with Gasteiger partial charge in [-0.25, -0.2) is 4.98 Å². The summed E-state index contributed by atoms with van der Waals surface area (Å²) in [5, 5.41) is 3.58. The van der Waals surface area contributed by atoms with Crippen LogP contribution in [0.3, 0.4) is 0 Å². The molecule has 0 aliphatic rings. The molecule has 1 aromatic heterocycles. The molecule has 0 saturated heterocycles. The number of hydrogen-bond donors (Lipinski definition) is 1. The number of hydrogen-bond acceptors (Lipinski definition) is 5. The Morgan fingerprint density at radius 1 is 1.19 bits per heavy atom. The fraction of sp³-hybridized carbons (Fsp3) is 0.250. The van der Waals surface area contributed by atoms with Gasteiger partial charge in [0.25, 0.3) is 5.91 Å². The number of anilines is 1. The Hall–Kier alpha value is -2.93. The van der Waals surface area contributed by atoms with Crippen LogP contribution in [-0.4, -0.2) is 35.4 Å². The summed E-state index contributed by atoms with van der Waals surface area (Å²) in [5.74, 6) is 0.301. The van der Waals surface area contributed by atoms with E-state index in [9.17, 15) is 9.59 Å². The lowest BCUT2D eigenvalue weighted by atomic mass is 10.3. The Balaban J connectivity index is 1.59. The number of thiazole rings is 1. The van der Waals surface area contributed by atoms with Crippen LogP contribution in [0.25, 0.3) is 10.2 Å². The number of carbonyl (C=O) groups is 2. The first kappa shape index (κ1) is 18.8. The number of para-hydroxylation sites is 1. The topological polar surface area (TPSA) is 71.5 Å². The highest BCUT2D eigenvalue weighted by molar-refractivity contribution is 7.18. The maximum Gasteiger partial charge on any atom is 0.260 e. The van der Waals surface area contributed by atoms with Crippen LogP contribution in [0.5, 0.6) is 5.75 Å². The highest BCUT2D eigenvalue weighted by Gasteiger charge is 2.21. The molecule has 3 aromatic rings. The normalized spacial score (nSPS) is 11.8. The second kappa shape index (κ2) is 8.18. The Morgan fingerprint density at radius 3 is 2.56 bits per heavy atom. The maximum atomic E-state index is 12.5. The lowest BCUT2D eigenvalue weighted by Gasteiger charge is -2.23. The number of nitrogens with zero attached hydrogens (tertiary/aromatic N) is 2. The van der Waals surface area contributed by atoms with Gasteiger partial charge in [-0.2, -0.15) is 0 Å². The van der Waals surface area contributed by atoms with Crippen molar-refractivity contribution in [2.45, 2.75) is 19.9 Å². The quantitative estimate of drug-likeness (QED) is 0.702. The molecule has 1 atom stereocenters. The van der Waals surface area contributed by atoms with E-state index in [0.717, 1.165) is 15.2 Å². The van der Waals surface area contributed by atoms with Gasteiger partial charge >= 0.3 is 0 Å². The van der Waals surface area contributed by atoms with Crippen LogP contribution >= 0.6 is 11.3 Å². The molecule has 0 bridgehead atoms. The van der Waals surface area contributed by atoms with Gasteiger partial charge in [0.1, 0.15) is 10.8 Å². The van der Waals surface area contributed by atoms with E-state index in [-0.39, 0.29) is 24.5 Å². The van der Waals surface area contributed by atoms with E-state index in [1.807, 2.05) is 31.2 Å². The van der Waals surface area contributed by atoms with Crippen molar-refractivity contribution in [1.29, 1.82) is 0 Å². The lowest BCUT2D eigenvalue weighted by molar-refractivity contribution is -0.134. The zero-order chi connectivity index (χ0) is 19.4. The van der Waals surface area contributed by atoms with Gasteiger partial charge < -0.3 is 15.0 Å². The summed E-state index contributed by atoms with van der Waals surface area (Å²) in [5.41, 5.74) is 1.63. The van der Waals surface area contributed by atoms with E-state index in [0.29, 0.717) is 11.4 Å². The van der Waals surface area contributed by atoms with Crippen molar-refractivity contribution in [3.05, 3.63) is 53.5 Å². The molecule has 6 nitrogen and oxygen atoms in total. The molecule has 140 valence electrons. The highest BCUT2D eigenvalue weighted by atomic mass is 32.1. The first-order valence-corrected chi connectivity index (χ1v) is 9.37. The van der Waals surface area contributed by atoms with Crippen LogP contribution in [0.2, 0.25) is 0 Å². The van der Waals surface area contributed by atoms with Crippen LogP contribution in [0.15, 0.2) is 48.5 Å². The largest absolute Gasteiger partial charge is 0.484 e. The number of fused-ring (bicyclic) bond motifs is 1. The third kappa shape index (κ3) is 4.62. The van der Waals surface area contributed by atoms with Gasteiger partial charge in [0.05, 0.1) is 16.3 Å². The predicted molar refractivity (Wildman–Crippen MR) is 107 cm³/mol. The molecule has 0 unspecified atom stereocenters. The van der Waals surface area contributed by atoms with Crippen molar-refractivity contribution in [3.8, 4) is 5.75 Å². The van der Waals surface area contributed by atoms with E-state index < -0.39 is 0 Å². The standard InChI is InChI=1S/C20H21N3O3S/c1-13(20-22-17-6-4-5-7-18(17)27-20)23(3)19(25)12-26-16-10-8-15(9-11-16)21-14(2)24/h4-11,13H,12H2,1-3H3,(H,21,24)/t13-/m0/s1. The second-order valence-electron chi connectivity index (χ2n) is 6.19. The smallest absolute Gasteiger partial charge is 0.260 e. The predicted octanol–water partition coefficient (Wildman–Crippen LogP) is 3.85. The Kier molecular flexibility index (Phi) is 5.71. The second-order valence-corrected chi connectivity index (χ2v) is 7.26. The molecule has 2 aromatic carbocycles. The van der Waals surface area contributed by atoms with Gasteiger partial charge in [-0.15, -0.1) is 11.3 Å². The van der Waals surface area contributed by atoms with E-state index >= 15 is 0 Å². The summed E-state index contributed by atoms with van der Waals surface area (Å²) >= 11 is 1.59. The van der Waals surface area contributed by atoms with Gasteiger partial charge in [0.15, 0.2) is 6.61 Å². The molecule has 2 amide bonds. The molecular formula is C20H21N3O3S. The number of rotatable bonds is 6. The van der Waals surface area contributed by atoms with E-state index in [1.165, 1.54) is 6.92 Å². The molecule has 7 heteroatoms. The molecule has 0 aliphatic carbocycles. The van der Waals surface area contributed by atoms with E-state index in [4.69, 9.17) is 4.74 Å². The minimum Gasteiger partial charge on any atom is -0.484 e. The Labute approximate surface area is 161 Å². The number of ether oxygens (including phenoxy) is 1. The van der Waals surface area contributed by atoms with Crippen molar-refractivity contribution in [1.82, 2.24) is 9.88 Å². The van der Waals surface area contributed by atoms with E-state index in [1.54, 1.807) is 47.5 Å². The number of benzene rings is 2. The number of likely N-dealkylation sites (N-methyl/N-ethyl adjacent to an activating group) is 1. The van der Waals surface area contributed by atoms with Crippen LogP contribution in [0.4, 0.5) is 5.69 Å². The monoisotopic (exact) mass is 383 g/mol. The Bertz CT molecular complexity index is 920. The highest BCUT2D eigenvalue weighted by Crippen LogP contribution is 2.28. The minimum atomic E-state index is -0.138. The Morgan fingerprint density at radius 2 is 1.89 bits per heavy atom. The minimum absolute atomic E-state index is 0.0643. The van der Waals surface area contributed by atoms with Gasteiger partial charge in [-0.1, -0.05) is 12.1 Å². The average Bonchev–Trinajstić information content (AvgIpc) is 3.09. The molecule has 3 rings (SSSR count). The molecule has 1 N–H and O–H groups in total. The number of amides is 2. The summed E-state index contributed by atoms with van der Waals surface area (Å²) in [7, 11) is 1.75. The number of nitrogens with one attached hydrogen (secondary N) is 1.